The monoisotopic (exact) mass is 190 g/mol. The molecule has 0 atom stereocenters. The number of rotatable bonds is 3. The standard InChI is InChI=1S/C12H14O2/c1-9-5-4-6-12(7-9)10(2)8-14-11(3)13/h4-7H,2,8H2,1,3H3. The summed E-state index contributed by atoms with van der Waals surface area (Å²) < 4.78 is 4.86. The molecule has 2 heteroatoms. The molecule has 0 unspecified atom stereocenters. The summed E-state index contributed by atoms with van der Waals surface area (Å²) in [5, 5.41) is 0. The van der Waals surface area contributed by atoms with Crippen molar-refractivity contribution in [3.05, 3.63) is 42.0 Å². The maximum absolute atomic E-state index is 10.6. The van der Waals surface area contributed by atoms with Crippen LogP contribution in [-0.2, 0) is 9.53 Å². The molecule has 0 bridgehead atoms. The Bertz CT molecular complexity index is 353. The average Bonchev–Trinajstić information content (AvgIpc) is 2.14. The van der Waals surface area contributed by atoms with Crippen LogP contribution in [0.25, 0.3) is 5.57 Å². The fraction of sp³-hybridized carbons (Fsp3) is 0.250. The largest absolute Gasteiger partial charge is 0.461 e. The summed E-state index contributed by atoms with van der Waals surface area (Å²) in [7, 11) is 0. The van der Waals surface area contributed by atoms with E-state index in [1.807, 2.05) is 31.2 Å². The molecule has 0 aromatic heterocycles. The second-order valence-corrected chi connectivity index (χ2v) is 3.25. The lowest BCUT2D eigenvalue weighted by Gasteiger charge is -2.06. The lowest BCUT2D eigenvalue weighted by atomic mass is 10.1. The van der Waals surface area contributed by atoms with Crippen LogP contribution < -0.4 is 0 Å². The van der Waals surface area contributed by atoms with Crippen LogP contribution >= 0.6 is 0 Å². The fourth-order valence-electron chi connectivity index (χ4n) is 1.14. The highest BCUT2D eigenvalue weighted by molar-refractivity contribution is 5.70. The molecule has 1 rings (SSSR count). The lowest BCUT2D eigenvalue weighted by Crippen LogP contribution is -2.02. The van der Waals surface area contributed by atoms with E-state index in [0.29, 0.717) is 0 Å². The van der Waals surface area contributed by atoms with E-state index in [0.717, 1.165) is 11.1 Å². The van der Waals surface area contributed by atoms with Crippen molar-refractivity contribution in [1.29, 1.82) is 0 Å². The van der Waals surface area contributed by atoms with Gasteiger partial charge in [-0.05, 0) is 18.1 Å². The Morgan fingerprint density at radius 3 is 2.79 bits per heavy atom. The number of ether oxygens (including phenoxy) is 1. The number of esters is 1. The SMILES string of the molecule is C=C(COC(C)=O)c1cccc(C)c1. The third kappa shape index (κ3) is 3.05. The summed E-state index contributed by atoms with van der Waals surface area (Å²) in [5.74, 6) is -0.279. The second-order valence-electron chi connectivity index (χ2n) is 3.25. The van der Waals surface area contributed by atoms with Gasteiger partial charge in [-0.3, -0.25) is 4.79 Å². The van der Waals surface area contributed by atoms with Gasteiger partial charge in [0.25, 0.3) is 0 Å². The first kappa shape index (κ1) is 10.5. The Hall–Kier alpha value is -1.57. The molecule has 0 saturated carbocycles. The molecule has 0 heterocycles. The number of hydrogen-bond acceptors (Lipinski definition) is 2. The zero-order valence-corrected chi connectivity index (χ0v) is 8.54. The first-order valence-electron chi connectivity index (χ1n) is 4.48. The number of carbonyl (C=O) groups excluding carboxylic acids is 1. The summed E-state index contributed by atoms with van der Waals surface area (Å²) in [5.41, 5.74) is 3.02. The molecule has 0 saturated heterocycles. The van der Waals surface area contributed by atoms with Crippen molar-refractivity contribution < 1.29 is 9.53 Å². The van der Waals surface area contributed by atoms with E-state index < -0.39 is 0 Å². The van der Waals surface area contributed by atoms with E-state index in [9.17, 15) is 4.79 Å². The molecular formula is C12H14O2. The molecule has 0 aliphatic carbocycles. The van der Waals surface area contributed by atoms with Gasteiger partial charge in [-0.15, -0.1) is 0 Å². The van der Waals surface area contributed by atoms with E-state index in [1.54, 1.807) is 0 Å². The van der Waals surface area contributed by atoms with E-state index in [-0.39, 0.29) is 12.6 Å². The van der Waals surface area contributed by atoms with Crippen LogP contribution in [-0.4, -0.2) is 12.6 Å². The minimum atomic E-state index is -0.279. The van der Waals surface area contributed by atoms with Crippen LogP contribution in [0.1, 0.15) is 18.1 Å². The predicted octanol–water partition coefficient (Wildman–Crippen LogP) is 2.57. The molecule has 0 N–H and O–H groups in total. The molecule has 0 radical (unpaired) electrons. The van der Waals surface area contributed by atoms with Crippen molar-refractivity contribution >= 4 is 11.5 Å². The van der Waals surface area contributed by atoms with Gasteiger partial charge in [0.05, 0.1) is 0 Å². The van der Waals surface area contributed by atoms with Gasteiger partial charge in [0.1, 0.15) is 6.61 Å². The molecule has 1 aromatic carbocycles. The van der Waals surface area contributed by atoms with E-state index in [1.165, 1.54) is 12.5 Å². The summed E-state index contributed by atoms with van der Waals surface area (Å²) >= 11 is 0. The van der Waals surface area contributed by atoms with Crippen molar-refractivity contribution in [1.82, 2.24) is 0 Å². The van der Waals surface area contributed by atoms with Gasteiger partial charge in [0.15, 0.2) is 0 Å². The van der Waals surface area contributed by atoms with Crippen molar-refractivity contribution in [2.75, 3.05) is 6.61 Å². The van der Waals surface area contributed by atoms with Crippen LogP contribution in [0.2, 0.25) is 0 Å². The van der Waals surface area contributed by atoms with Crippen molar-refractivity contribution in [2.24, 2.45) is 0 Å². The minimum absolute atomic E-state index is 0.263. The lowest BCUT2D eigenvalue weighted by molar-refractivity contribution is -0.139. The van der Waals surface area contributed by atoms with Crippen molar-refractivity contribution in [2.45, 2.75) is 13.8 Å². The van der Waals surface area contributed by atoms with Crippen LogP contribution in [0, 0.1) is 6.92 Å². The van der Waals surface area contributed by atoms with E-state index in [4.69, 9.17) is 4.74 Å². The molecule has 1 aromatic rings. The van der Waals surface area contributed by atoms with E-state index in [2.05, 4.69) is 6.58 Å². The Morgan fingerprint density at radius 2 is 2.21 bits per heavy atom. The average molecular weight is 190 g/mol. The first-order valence-corrected chi connectivity index (χ1v) is 4.48. The number of benzene rings is 1. The summed E-state index contributed by atoms with van der Waals surface area (Å²) in [6.07, 6.45) is 0. The summed E-state index contributed by atoms with van der Waals surface area (Å²) in [6, 6.07) is 7.96. The quantitative estimate of drug-likeness (QED) is 0.685. The van der Waals surface area contributed by atoms with Crippen LogP contribution in [0.15, 0.2) is 30.8 Å². The molecule has 14 heavy (non-hydrogen) atoms. The highest BCUT2D eigenvalue weighted by Gasteiger charge is 2.00. The van der Waals surface area contributed by atoms with E-state index >= 15 is 0 Å². The third-order valence-electron chi connectivity index (χ3n) is 1.88. The molecule has 0 spiro atoms. The normalized spacial score (nSPS) is 9.57. The van der Waals surface area contributed by atoms with Gasteiger partial charge in [0.2, 0.25) is 0 Å². The summed E-state index contributed by atoms with van der Waals surface area (Å²) in [6.45, 7) is 7.53. The zero-order chi connectivity index (χ0) is 10.6. The second kappa shape index (κ2) is 4.61. The van der Waals surface area contributed by atoms with Gasteiger partial charge in [-0.2, -0.15) is 0 Å². The van der Waals surface area contributed by atoms with Crippen molar-refractivity contribution in [3.8, 4) is 0 Å². The van der Waals surface area contributed by atoms with Gasteiger partial charge in [-0.1, -0.05) is 36.4 Å². The highest BCUT2D eigenvalue weighted by atomic mass is 16.5. The fourth-order valence-corrected chi connectivity index (χ4v) is 1.14. The van der Waals surface area contributed by atoms with Crippen molar-refractivity contribution in [3.63, 3.8) is 0 Å². The third-order valence-corrected chi connectivity index (χ3v) is 1.88. The van der Waals surface area contributed by atoms with Crippen LogP contribution in [0.4, 0.5) is 0 Å². The summed E-state index contributed by atoms with van der Waals surface area (Å²) in [4.78, 5) is 10.6. The Balaban J connectivity index is 2.65. The van der Waals surface area contributed by atoms with Gasteiger partial charge >= 0.3 is 5.97 Å². The smallest absolute Gasteiger partial charge is 0.302 e. The molecule has 74 valence electrons. The van der Waals surface area contributed by atoms with Crippen LogP contribution in [0.3, 0.4) is 0 Å². The maximum atomic E-state index is 10.6. The molecule has 0 aliphatic rings. The van der Waals surface area contributed by atoms with Gasteiger partial charge in [0, 0.05) is 6.92 Å². The minimum Gasteiger partial charge on any atom is -0.461 e. The highest BCUT2D eigenvalue weighted by Crippen LogP contribution is 2.13. The maximum Gasteiger partial charge on any atom is 0.302 e. The number of carbonyl (C=O) groups is 1. The topological polar surface area (TPSA) is 26.3 Å². The van der Waals surface area contributed by atoms with Gasteiger partial charge in [-0.25, -0.2) is 0 Å². The zero-order valence-electron chi connectivity index (χ0n) is 8.54. The first-order chi connectivity index (χ1) is 6.59. The Morgan fingerprint density at radius 1 is 1.50 bits per heavy atom. The predicted molar refractivity (Wildman–Crippen MR) is 56.8 cm³/mol. The number of hydrogen-bond donors (Lipinski definition) is 0. The molecule has 0 amide bonds. The number of aryl methyl sites for hydroxylation is 1. The molecule has 0 aliphatic heterocycles. The Labute approximate surface area is 84.2 Å². The Kier molecular flexibility index (Phi) is 3.46. The molecule has 0 fully saturated rings. The van der Waals surface area contributed by atoms with Crippen LogP contribution in [0.5, 0.6) is 0 Å². The van der Waals surface area contributed by atoms with Gasteiger partial charge < -0.3 is 4.74 Å². The molecular weight excluding hydrogens is 176 g/mol. The molecule has 2 nitrogen and oxygen atoms in total.